The molecule has 92 valence electrons. The minimum Gasteiger partial charge on any atom is -0.481 e. The summed E-state index contributed by atoms with van der Waals surface area (Å²) in [4.78, 5) is 24.1. The van der Waals surface area contributed by atoms with Crippen LogP contribution in [-0.2, 0) is 4.79 Å². The highest BCUT2D eigenvalue weighted by Crippen LogP contribution is 2.20. The van der Waals surface area contributed by atoms with Gasteiger partial charge in [-0.3, -0.25) is 4.79 Å². The molecule has 2 amide bonds. The Morgan fingerprint density at radius 1 is 1.62 bits per heavy atom. The summed E-state index contributed by atoms with van der Waals surface area (Å²) in [6, 6.07) is 0.0230. The van der Waals surface area contributed by atoms with Gasteiger partial charge in [-0.1, -0.05) is 13.3 Å². The molecular formula is C11H20N2O3. The molecule has 0 radical (unpaired) electrons. The van der Waals surface area contributed by atoms with E-state index in [1.807, 2.05) is 0 Å². The summed E-state index contributed by atoms with van der Waals surface area (Å²) >= 11 is 0. The van der Waals surface area contributed by atoms with E-state index in [1.165, 1.54) is 0 Å². The van der Waals surface area contributed by atoms with Crippen molar-refractivity contribution in [2.75, 3.05) is 13.1 Å². The molecule has 1 aliphatic rings. The van der Waals surface area contributed by atoms with Crippen molar-refractivity contribution in [1.82, 2.24) is 10.2 Å². The van der Waals surface area contributed by atoms with Gasteiger partial charge < -0.3 is 15.3 Å². The van der Waals surface area contributed by atoms with Crippen LogP contribution in [-0.4, -0.2) is 41.1 Å². The Morgan fingerprint density at radius 3 is 2.75 bits per heavy atom. The number of hydrogen-bond acceptors (Lipinski definition) is 2. The third-order valence-electron chi connectivity index (χ3n) is 2.86. The molecule has 1 aliphatic heterocycles. The summed E-state index contributed by atoms with van der Waals surface area (Å²) in [6.45, 7) is 6.21. The SMILES string of the molecule is CCCC1CN(CC(C)(C)C(=O)O)C(=O)N1. The Kier molecular flexibility index (Phi) is 3.78. The first kappa shape index (κ1) is 12.8. The van der Waals surface area contributed by atoms with E-state index in [4.69, 9.17) is 5.11 Å². The van der Waals surface area contributed by atoms with Gasteiger partial charge in [0, 0.05) is 19.1 Å². The summed E-state index contributed by atoms with van der Waals surface area (Å²) in [5.74, 6) is -0.876. The number of amides is 2. The molecule has 1 unspecified atom stereocenters. The quantitative estimate of drug-likeness (QED) is 0.745. The second-order valence-electron chi connectivity index (χ2n) is 5.00. The Balaban J connectivity index is 2.56. The lowest BCUT2D eigenvalue weighted by atomic mass is 9.93. The number of carboxylic acids is 1. The molecule has 0 aromatic rings. The van der Waals surface area contributed by atoms with Crippen LogP contribution in [0.4, 0.5) is 4.79 Å². The summed E-state index contributed by atoms with van der Waals surface area (Å²) < 4.78 is 0. The largest absolute Gasteiger partial charge is 0.481 e. The average molecular weight is 228 g/mol. The van der Waals surface area contributed by atoms with Crippen LogP contribution in [0.15, 0.2) is 0 Å². The van der Waals surface area contributed by atoms with Crippen molar-refractivity contribution >= 4 is 12.0 Å². The molecule has 2 N–H and O–H groups in total. The lowest BCUT2D eigenvalue weighted by molar-refractivity contribution is -0.147. The lowest BCUT2D eigenvalue weighted by Gasteiger charge is -2.25. The predicted molar refractivity (Wildman–Crippen MR) is 60.2 cm³/mol. The number of rotatable bonds is 5. The van der Waals surface area contributed by atoms with Crippen LogP contribution < -0.4 is 5.32 Å². The Morgan fingerprint density at radius 2 is 2.25 bits per heavy atom. The molecule has 0 aliphatic carbocycles. The maximum atomic E-state index is 11.6. The summed E-state index contributed by atoms with van der Waals surface area (Å²) in [6.07, 6.45) is 1.96. The highest BCUT2D eigenvalue weighted by atomic mass is 16.4. The zero-order valence-electron chi connectivity index (χ0n) is 10.1. The van der Waals surface area contributed by atoms with Crippen LogP contribution in [0.2, 0.25) is 0 Å². The van der Waals surface area contributed by atoms with E-state index in [2.05, 4.69) is 12.2 Å². The molecule has 0 saturated carbocycles. The molecule has 1 heterocycles. The standard InChI is InChI=1S/C11H20N2O3/c1-4-5-8-6-13(10(16)12-8)7-11(2,3)9(14)15/h8H,4-7H2,1-3H3,(H,12,16)(H,14,15). The van der Waals surface area contributed by atoms with Gasteiger partial charge in [0.05, 0.1) is 5.41 Å². The maximum Gasteiger partial charge on any atom is 0.317 e. The average Bonchev–Trinajstić information content (AvgIpc) is 2.46. The van der Waals surface area contributed by atoms with E-state index in [1.54, 1.807) is 18.7 Å². The minimum absolute atomic E-state index is 0.146. The Hall–Kier alpha value is -1.26. The molecule has 0 aromatic heterocycles. The van der Waals surface area contributed by atoms with Gasteiger partial charge in [0.15, 0.2) is 0 Å². The second-order valence-corrected chi connectivity index (χ2v) is 5.00. The number of aliphatic carboxylic acids is 1. The van der Waals surface area contributed by atoms with Crippen molar-refractivity contribution in [2.45, 2.75) is 39.7 Å². The van der Waals surface area contributed by atoms with Gasteiger partial charge in [0.2, 0.25) is 0 Å². The van der Waals surface area contributed by atoms with Crippen molar-refractivity contribution in [2.24, 2.45) is 5.41 Å². The number of nitrogens with zero attached hydrogens (tertiary/aromatic N) is 1. The molecule has 1 atom stereocenters. The normalized spacial score (nSPS) is 21.1. The number of carbonyl (C=O) groups is 2. The number of nitrogens with one attached hydrogen (secondary N) is 1. The molecule has 1 saturated heterocycles. The van der Waals surface area contributed by atoms with Crippen LogP contribution in [0.3, 0.4) is 0 Å². The van der Waals surface area contributed by atoms with Gasteiger partial charge in [-0.25, -0.2) is 4.79 Å². The summed E-state index contributed by atoms with van der Waals surface area (Å²) in [5, 5.41) is 11.9. The van der Waals surface area contributed by atoms with Crippen LogP contribution >= 0.6 is 0 Å². The number of hydrogen-bond donors (Lipinski definition) is 2. The van der Waals surface area contributed by atoms with Crippen LogP contribution in [0.25, 0.3) is 0 Å². The molecule has 5 nitrogen and oxygen atoms in total. The fraction of sp³-hybridized carbons (Fsp3) is 0.818. The third-order valence-corrected chi connectivity index (χ3v) is 2.86. The maximum absolute atomic E-state index is 11.6. The van der Waals surface area contributed by atoms with Crippen LogP contribution in [0.1, 0.15) is 33.6 Å². The number of carboxylic acid groups (broad SMARTS) is 1. The highest BCUT2D eigenvalue weighted by molar-refractivity contribution is 5.79. The van der Waals surface area contributed by atoms with E-state index in [-0.39, 0.29) is 18.6 Å². The van der Waals surface area contributed by atoms with Crippen molar-refractivity contribution in [3.63, 3.8) is 0 Å². The van der Waals surface area contributed by atoms with E-state index in [9.17, 15) is 9.59 Å². The monoisotopic (exact) mass is 228 g/mol. The van der Waals surface area contributed by atoms with Gasteiger partial charge in [0.1, 0.15) is 0 Å². The predicted octanol–water partition coefficient (Wildman–Crippen LogP) is 1.29. The van der Waals surface area contributed by atoms with Crippen LogP contribution in [0, 0.1) is 5.41 Å². The second kappa shape index (κ2) is 4.72. The molecular weight excluding hydrogens is 208 g/mol. The molecule has 0 bridgehead atoms. The first-order chi connectivity index (χ1) is 7.36. The fourth-order valence-corrected chi connectivity index (χ4v) is 1.85. The molecule has 0 aromatic carbocycles. The van der Waals surface area contributed by atoms with Crippen molar-refractivity contribution in [3.8, 4) is 0 Å². The zero-order chi connectivity index (χ0) is 12.3. The fourth-order valence-electron chi connectivity index (χ4n) is 1.85. The van der Waals surface area contributed by atoms with Crippen LogP contribution in [0.5, 0.6) is 0 Å². The van der Waals surface area contributed by atoms with E-state index >= 15 is 0 Å². The minimum atomic E-state index is -0.890. The van der Waals surface area contributed by atoms with Gasteiger partial charge in [-0.15, -0.1) is 0 Å². The third kappa shape index (κ3) is 2.87. The van der Waals surface area contributed by atoms with E-state index in [0.29, 0.717) is 6.54 Å². The summed E-state index contributed by atoms with van der Waals surface area (Å²) in [5.41, 5.74) is -0.890. The van der Waals surface area contributed by atoms with Gasteiger partial charge in [-0.05, 0) is 20.3 Å². The highest BCUT2D eigenvalue weighted by Gasteiger charge is 2.36. The molecule has 5 heteroatoms. The first-order valence-corrected chi connectivity index (χ1v) is 5.65. The molecule has 0 spiro atoms. The van der Waals surface area contributed by atoms with Gasteiger partial charge >= 0.3 is 12.0 Å². The van der Waals surface area contributed by atoms with Crippen molar-refractivity contribution in [1.29, 1.82) is 0 Å². The topological polar surface area (TPSA) is 69.6 Å². The summed E-state index contributed by atoms with van der Waals surface area (Å²) in [7, 11) is 0. The van der Waals surface area contributed by atoms with Gasteiger partial charge in [-0.2, -0.15) is 0 Å². The zero-order valence-corrected chi connectivity index (χ0v) is 10.1. The Labute approximate surface area is 95.8 Å². The molecule has 1 fully saturated rings. The lowest BCUT2D eigenvalue weighted by Crippen LogP contribution is -2.40. The molecule has 1 rings (SSSR count). The van der Waals surface area contributed by atoms with Crippen molar-refractivity contribution < 1.29 is 14.7 Å². The van der Waals surface area contributed by atoms with Crippen molar-refractivity contribution in [3.05, 3.63) is 0 Å². The first-order valence-electron chi connectivity index (χ1n) is 5.65. The number of urea groups is 1. The van der Waals surface area contributed by atoms with E-state index in [0.717, 1.165) is 12.8 Å². The number of carbonyl (C=O) groups excluding carboxylic acids is 1. The van der Waals surface area contributed by atoms with E-state index < -0.39 is 11.4 Å². The smallest absolute Gasteiger partial charge is 0.317 e. The Bertz CT molecular complexity index is 289. The molecule has 16 heavy (non-hydrogen) atoms. The van der Waals surface area contributed by atoms with Gasteiger partial charge in [0.25, 0.3) is 0 Å².